The van der Waals surface area contributed by atoms with Crippen LogP contribution in [0.4, 0.5) is 0 Å². The Morgan fingerprint density at radius 1 is 0.971 bits per heavy atom. The van der Waals surface area contributed by atoms with Crippen LogP contribution in [0.15, 0.2) is 30.3 Å². The van der Waals surface area contributed by atoms with E-state index in [1.807, 2.05) is 0 Å². The van der Waals surface area contributed by atoms with Crippen molar-refractivity contribution >= 4 is 35.6 Å². The van der Waals surface area contributed by atoms with Crippen molar-refractivity contribution in [1.29, 1.82) is 0 Å². The van der Waals surface area contributed by atoms with Crippen molar-refractivity contribution in [3.63, 3.8) is 0 Å². The van der Waals surface area contributed by atoms with Gasteiger partial charge in [0.15, 0.2) is 0 Å². The Balaban J connectivity index is 2.25. The third kappa shape index (κ3) is 8.07. The lowest BCUT2D eigenvalue weighted by Gasteiger charge is -2.29. The first-order valence-electron chi connectivity index (χ1n) is 10.9. The van der Waals surface area contributed by atoms with Gasteiger partial charge in [-0.3, -0.25) is 24.0 Å². The smallest absolute Gasteiger partial charge is 0.326 e. The molecule has 0 spiro atoms. The van der Waals surface area contributed by atoms with E-state index in [1.165, 1.54) is 4.90 Å². The molecular weight excluding hydrogens is 462 g/mol. The summed E-state index contributed by atoms with van der Waals surface area (Å²) in [5, 5.41) is 23.3. The van der Waals surface area contributed by atoms with Gasteiger partial charge in [-0.2, -0.15) is 0 Å². The van der Waals surface area contributed by atoms with Gasteiger partial charge in [-0.1, -0.05) is 30.3 Å². The van der Waals surface area contributed by atoms with Crippen LogP contribution in [0.3, 0.4) is 0 Å². The molecule has 1 aliphatic rings. The zero-order valence-electron chi connectivity index (χ0n) is 18.9. The quantitative estimate of drug-likeness (QED) is 0.189. The minimum Gasteiger partial charge on any atom is -0.481 e. The van der Waals surface area contributed by atoms with E-state index >= 15 is 0 Å². The minimum absolute atomic E-state index is 0.00315. The number of carbonyl (C=O) groups is 6. The predicted octanol–water partition coefficient (Wildman–Crippen LogP) is -2.05. The van der Waals surface area contributed by atoms with Crippen molar-refractivity contribution in [2.75, 3.05) is 6.54 Å². The van der Waals surface area contributed by atoms with Crippen LogP contribution in [-0.2, 0) is 35.2 Å². The molecule has 0 radical (unpaired) electrons. The summed E-state index contributed by atoms with van der Waals surface area (Å²) in [6, 6.07) is 3.35. The van der Waals surface area contributed by atoms with E-state index < -0.39 is 72.6 Å². The number of nitrogens with zero attached hydrogens (tertiary/aromatic N) is 1. The molecule has 4 amide bonds. The Labute approximate surface area is 200 Å². The topological polar surface area (TPSA) is 222 Å². The van der Waals surface area contributed by atoms with Gasteiger partial charge >= 0.3 is 11.9 Å². The van der Waals surface area contributed by atoms with E-state index in [1.54, 1.807) is 30.3 Å². The summed E-state index contributed by atoms with van der Waals surface area (Å²) in [6.07, 6.45) is -0.599. The van der Waals surface area contributed by atoms with Gasteiger partial charge in [0.05, 0.1) is 18.9 Å². The maximum Gasteiger partial charge on any atom is 0.326 e. The van der Waals surface area contributed by atoms with Crippen molar-refractivity contribution < 1.29 is 39.0 Å². The summed E-state index contributed by atoms with van der Waals surface area (Å²) >= 11 is 0. The van der Waals surface area contributed by atoms with Crippen molar-refractivity contribution in [1.82, 2.24) is 15.5 Å². The number of carboxylic acids is 2. The van der Waals surface area contributed by atoms with Crippen LogP contribution in [0.1, 0.15) is 31.2 Å². The summed E-state index contributed by atoms with van der Waals surface area (Å²) in [5.74, 6) is -6.03. The molecule has 0 saturated carbocycles. The standard InChI is InChI=1S/C22H29N5O8/c23-13(10-17(24)28)19(31)25-14(11-18(29)30)20(32)26-15(9-12-5-2-1-3-6-12)21(33)27-8-4-7-16(27)22(34)35/h1-3,5-6,13-16H,4,7-11,23H2,(H2,24,28)(H,25,31)(H,26,32)(H,29,30)(H,34,35)/t13-,14-,15-,16+/m0/s1. The number of hydrogen-bond donors (Lipinski definition) is 6. The van der Waals surface area contributed by atoms with Gasteiger partial charge in [0, 0.05) is 13.0 Å². The normalized spacial score (nSPS) is 17.6. The average Bonchev–Trinajstić information content (AvgIpc) is 3.28. The maximum atomic E-state index is 13.3. The Kier molecular flexibility index (Phi) is 9.70. The molecule has 0 aliphatic carbocycles. The molecule has 0 bridgehead atoms. The van der Waals surface area contributed by atoms with Gasteiger partial charge in [-0.15, -0.1) is 0 Å². The predicted molar refractivity (Wildman–Crippen MR) is 120 cm³/mol. The largest absolute Gasteiger partial charge is 0.481 e. The van der Waals surface area contributed by atoms with E-state index in [2.05, 4.69) is 10.6 Å². The highest BCUT2D eigenvalue weighted by molar-refractivity contribution is 5.96. The molecule has 1 aromatic rings. The second-order valence-corrected chi connectivity index (χ2v) is 8.21. The first-order valence-corrected chi connectivity index (χ1v) is 10.9. The molecule has 190 valence electrons. The molecule has 1 aromatic carbocycles. The van der Waals surface area contributed by atoms with Crippen LogP contribution in [0.2, 0.25) is 0 Å². The summed E-state index contributed by atoms with van der Waals surface area (Å²) < 4.78 is 0. The Hall–Kier alpha value is -4.00. The van der Waals surface area contributed by atoms with Crippen LogP contribution >= 0.6 is 0 Å². The highest BCUT2D eigenvalue weighted by Crippen LogP contribution is 2.20. The first kappa shape index (κ1) is 27.2. The van der Waals surface area contributed by atoms with Crippen molar-refractivity contribution in [2.24, 2.45) is 11.5 Å². The van der Waals surface area contributed by atoms with E-state index in [0.717, 1.165) is 0 Å². The molecule has 1 saturated heterocycles. The molecular formula is C22H29N5O8. The van der Waals surface area contributed by atoms with Crippen LogP contribution in [-0.4, -0.2) is 81.4 Å². The minimum atomic E-state index is -1.61. The number of rotatable bonds is 12. The van der Waals surface area contributed by atoms with Gasteiger partial charge in [0.25, 0.3) is 0 Å². The highest BCUT2D eigenvalue weighted by Gasteiger charge is 2.38. The van der Waals surface area contributed by atoms with Crippen LogP contribution in [0.5, 0.6) is 0 Å². The molecule has 1 aliphatic heterocycles. The van der Waals surface area contributed by atoms with Gasteiger partial charge in [-0.05, 0) is 18.4 Å². The lowest BCUT2D eigenvalue weighted by Crippen LogP contribution is -2.58. The second kappa shape index (κ2) is 12.5. The fourth-order valence-electron chi connectivity index (χ4n) is 3.78. The summed E-state index contributed by atoms with van der Waals surface area (Å²) in [6.45, 7) is 0.189. The summed E-state index contributed by atoms with van der Waals surface area (Å²) in [7, 11) is 0. The number of carboxylic acid groups (broad SMARTS) is 2. The molecule has 0 unspecified atom stereocenters. The number of primary amides is 1. The van der Waals surface area contributed by atoms with E-state index in [9.17, 15) is 39.0 Å². The fourth-order valence-corrected chi connectivity index (χ4v) is 3.78. The maximum absolute atomic E-state index is 13.3. The Morgan fingerprint density at radius 3 is 2.17 bits per heavy atom. The molecule has 1 heterocycles. The number of hydrogen-bond acceptors (Lipinski definition) is 7. The zero-order valence-corrected chi connectivity index (χ0v) is 18.9. The molecule has 1 fully saturated rings. The molecule has 13 heteroatoms. The number of nitrogens with one attached hydrogen (secondary N) is 2. The number of amides is 4. The molecule has 2 rings (SSSR count). The van der Waals surface area contributed by atoms with Crippen molar-refractivity contribution in [3.8, 4) is 0 Å². The first-order chi connectivity index (χ1) is 16.5. The Bertz CT molecular complexity index is 970. The number of nitrogens with two attached hydrogens (primary N) is 2. The van der Waals surface area contributed by atoms with Gasteiger partial charge < -0.3 is 37.2 Å². The number of aliphatic carboxylic acids is 2. The van der Waals surface area contributed by atoms with Gasteiger partial charge in [-0.25, -0.2) is 4.79 Å². The van der Waals surface area contributed by atoms with Crippen LogP contribution < -0.4 is 22.1 Å². The SMILES string of the molecule is NC(=O)C[C@H](N)C(=O)N[C@@H](CC(=O)O)C(=O)N[C@@H](Cc1ccccc1)C(=O)N1CCC[C@@H]1C(=O)O. The average molecular weight is 492 g/mol. The third-order valence-corrected chi connectivity index (χ3v) is 5.49. The number of benzene rings is 1. The second-order valence-electron chi connectivity index (χ2n) is 8.21. The zero-order chi connectivity index (χ0) is 26.1. The van der Waals surface area contributed by atoms with E-state index in [0.29, 0.717) is 12.0 Å². The summed E-state index contributed by atoms with van der Waals surface area (Å²) in [5.41, 5.74) is 11.2. The monoisotopic (exact) mass is 491 g/mol. The molecule has 0 aromatic heterocycles. The molecule has 35 heavy (non-hydrogen) atoms. The van der Waals surface area contributed by atoms with E-state index in [-0.39, 0.29) is 19.4 Å². The Morgan fingerprint density at radius 2 is 1.60 bits per heavy atom. The fraction of sp³-hybridized carbons (Fsp3) is 0.455. The van der Waals surface area contributed by atoms with E-state index in [4.69, 9.17) is 11.5 Å². The van der Waals surface area contributed by atoms with Crippen molar-refractivity contribution in [2.45, 2.75) is 56.3 Å². The highest BCUT2D eigenvalue weighted by atomic mass is 16.4. The van der Waals surface area contributed by atoms with Gasteiger partial charge in [0.1, 0.15) is 18.1 Å². The lowest BCUT2D eigenvalue weighted by molar-refractivity contribution is -0.149. The molecule has 8 N–H and O–H groups in total. The molecule has 4 atom stereocenters. The lowest BCUT2D eigenvalue weighted by atomic mass is 10.0. The van der Waals surface area contributed by atoms with Crippen LogP contribution in [0, 0.1) is 0 Å². The van der Waals surface area contributed by atoms with Gasteiger partial charge in [0.2, 0.25) is 23.6 Å². The van der Waals surface area contributed by atoms with Crippen LogP contribution in [0.25, 0.3) is 0 Å². The van der Waals surface area contributed by atoms with Crippen molar-refractivity contribution in [3.05, 3.63) is 35.9 Å². The summed E-state index contributed by atoms with van der Waals surface area (Å²) in [4.78, 5) is 73.6. The number of carbonyl (C=O) groups excluding carboxylic acids is 4. The number of likely N-dealkylation sites (tertiary alicyclic amines) is 1. The molecule has 13 nitrogen and oxygen atoms in total. The third-order valence-electron chi connectivity index (χ3n) is 5.49.